The Bertz CT molecular complexity index is 522. The van der Waals surface area contributed by atoms with E-state index in [-0.39, 0.29) is 6.29 Å². The zero-order valence-corrected chi connectivity index (χ0v) is 10.8. The second-order valence-electron chi connectivity index (χ2n) is 4.43. The Morgan fingerprint density at radius 1 is 0.947 bits per heavy atom. The van der Waals surface area contributed by atoms with E-state index >= 15 is 0 Å². The van der Waals surface area contributed by atoms with Crippen molar-refractivity contribution in [1.82, 2.24) is 4.98 Å². The molecule has 1 aromatic heterocycles. The number of pyridine rings is 1. The third-order valence-corrected chi connectivity index (χ3v) is 3.22. The van der Waals surface area contributed by atoms with Crippen molar-refractivity contribution in [2.45, 2.75) is 6.29 Å². The predicted octanol–water partition coefficient (Wildman–Crippen LogP) is 2.89. The SMILES string of the molecule is CN(c1ccncc1)c1ccc(C2OCCO2)cc1. The summed E-state index contributed by atoms with van der Waals surface area (Å²) in [4.78, 5) is 6.14. The second-order valence-corrected chi connectivity index (χ2v) is 4.43. The van der Waals surface area contributed by atoms with E-state index < -0.39 is 0 Å². The second kappa shape index (κ2) is 5.38. The molecule has 0 spiro atoms. The largest absolute Gasteiger partial charge is 0.346 e. The van der Waals surface area contributed by atoms with Crippen molar-refractivity contribution in [1.29, 1.82) is 0 Å². The van der Waals surface area contributed by atoms with E-state index in [4.69, 9.17) is 9.47 Å². The number of hydrogen-bond donors (Lipinski definition) is 0. The van der Waals surface area contributed by atoms with Gasteiger partial charge in [-0.3, -0.25) is 4.98 Å². The first kappa shape index (κ1) is 12.1. The highest BCUT2D eigenvalue weighted by Gasteiger charge is 2.18. The topological polar surface area (TPSA) is 34.6 Å². The number of benzene rings is 1. The lowest BCUT2D eigenvalue weighted by atomic mass is 10.2. The van der Waals surface area contributed by atoms with Gasteiger partial charge in [0.2, 0.25) is 0 Å². The van der Waals surface area contributed by atoms with E-state index in [1.165, 1.54) is 0 Å². The standard InChI is InChI=1S/C15H16N2O2/c1-17(14-6-8-16-9-7-14)13-4-2-12(3-5-13)15-18-10-11-19-15/h2-9,15H,10-11H2,1H3. The van der Waals surface area contributed by atoms with E-state index in [1.807, 2.05) is 31.3 Å². The first-order chi connectivity index (χ1) is 9.34. The van der Waals surface area contributed by atoms with Gasteiger partial charge in [-0.25, -0.2) is 0 Å². The van der Waals surface area contributed by atoms with Gasteiger partial charge >= 0.3 is 0 Å². The number of anilines is 2. The maximum absolute atomic E-state index is 5.48. The Balaban J connectivity index is 1.78. The molecular weight excluding hydrogens is 240 g/mol. The van der Waals surface area contributed by atoms with E-state index in [9.17, 15) is 0 Å². The Labute approximate surface area is 112 Å². The monoisotopic (exact) mass is 256 g/mol. The van der Waals surface area contributed by atoms with Crippen molar-refractivity contribution in [3.63, 3.8) is 0 Å². The quantitative estimate of drug-likeness (QED) is 0.845. The molecule has 1 aliphatic heterocycles. The van der Waals surface area contributed by atoms with Gasteiger partial charge < -0.3 is 14.4 Å². The molecule has 0 saturated carbocycles. The van der Waals surface area contributed by atoms with Crippen LogP contribution in [0, 0.1) is 0 Å². The zero-order valence-electron chi connectivity index (χ0n) is 10.8. The van der Waals surface area contributed by atoms with Crippen molar-refractivity contribution in [3.05, 3.63) is 54.4 Å². The molecule has 1 aliphatic rings. The van der Waals surface area contributed by atoms with Crippen molar-refractivity contribution in [3.8, 4) is 0 Å². The van der Waals surface area contributed by atoms with Crippen molar-refractivity contribution in [2.24, 2.45) is 0 Å². The summed E-state index contributed by atoms with van der Waals surface area (Å²) in [5.41, 5.74) is 3.29. The highest BCUT2D eigenvalue weighted by Crippen LogP contribution is 2.27. The fraction of sp³-hybridized carbons (Fsp3) is 0.267. The van der Waals surface area contributed by atoms with Gasteiger partial charge in [0.25, 0.3) is 0 Å². The molecule has 0 aliphatic carbocycles. The van der Waals surface area contributed by atoms with Gasteiger partial charge in [-0.2, -0.15) is 0 Å². The number of hydrogen-bond acceptors (Lipinski definition) is 4. The summed E-state index contributed by atoms with van der Waals surface area (Å²) in [5, 5.41) is 0. The van der Waals surface area contributed by atoms with Crippen LogP contribution in [0.15, 0.2) is 48.8 Å². The molecule has 98 valence electrons. The zero-order chi connectivity index (χ0) is 13.1. The highest BCUT2D eigenvalue weighted by molar-refractivity contribution is 5.61. The van der Waals surface area contributed by atoms with Crippen LogP contribution >= 0.6 is 0 Å². The van der Waals surface area contributed by atoms with E-state index in [0.717, 1.165) is 16.9 Å². The summed E-state index contributed by atoms with van der Waals surface area (Å²) < 4.78 is 11.0. The lowest BCUT2D eigenvalue weighted by Gasteiger charge is -2.20. The lowest BCUT2D eigenvalue weighted by molar-refractivity contribution is -0.0441. The third-order valence-electron chi connectivity index (χ3n) is 3.22. The van der Waals surface area contributed by atoms with Gasteiger partial charge in [0.05, 0.1) is 13.2 Å². The Morgan fingerprint density at radius 2 is 1.53 bits per heavy atom. The van der Waals surface area contributed by atoms with Gasteiger partial charge in [0.1, 0.15) is 0 Å². The van der Waals surface area contributed by atoms with Crippen LogP contribution in [-0.2, 0) is 9.47 Å². The summed E-state index contributed by atoms with van der Waals surface area (Å²) >= 11 is 0. The molecule has 0 unspecified atom stereocenters. The van der Waals surface area contributed by atoms with Crippen LogP contribution in [0.25, 0.3) is 0 Å². The Hall–Kier alpha value is -1.91. The Kier molecular flexibility index (Phi) is 3.44. The fourth-order valence-electron chi connectivity index (χ4n) is 2.12. The van der Waals surface area contributed by atoms with Crippen LogP contribution in [0.2, 0.25) is 0 Å². The summed E-state index contributed by atoms with van der Waals surface area (Å²) in [6.45, 7) is 1.34. The van der Waals surface area contributed by atoms with E-state index in [2.05, 4.69) is 22.0 Å². The molecule has 0 amide bonds. The van der Waals surface area contributed by atoms with Crippen LogP contribution in [0.3, 0.4) is 0 Å². The smallest absolute Gasteiger partial charge is 0.184 e. The first-order valence-electron chi connectivity index (χ1n) is 6.31. The number of ether oxygens (including phenoxy) is 2. The van der Waals surface area contributed by atoms with Crippen molar-refractivity contribution < 1.29 is 9.47 Å². The summed E-state index contributed by atoms with van der Waals surface area (Å²) in [5.74, 6) is 0. The molecule has 4 nitrogen and oxygen atoms in total. The van der Waals surface area contributed by atoms with E-state index in [1.54, 1.807) is 12.4 Å². The Morgan fingerprint density at radius 3 is 2.16 bits per heavy atom. The molecule has 4 heteroatoms. The number of nitrogens with zero attached hydrogens (tertiary/aromatic N) is 2. The third kappa shape index (κ3) is 2.59. The van der Waals surface area contributed by atoms with Crippen LogP contribution in [0.4, 0.5) is 11.4 Å². The minimum absolute atomic E-state index is 0.208. The molecular formula is C15H16N2O2. The maximum atomic E-state index is 5.48. The molecule has 19 heavy (non-hydrogen) atoms. The van der Waals surface area contributed by atoms with Gasteiger partial charge in [0.15, 0.2) is 6.29 Å². The maximum Gasteiger partial charge on any atom is 0.184 e. The minimum Gasteiger partial charge on any atom is -0.346 e. The molecule has 1 saturated heterocycles. The molecule has 1 aromatic carbocycles. The van der Waals surface area contributed by atoms with Crippen molar-refractivity contribution >= 4 is 11.4 Å². The van der Waals surface area contributed by atoms with Crippen LogP contribution in [0.1, 0.15) is 11.9 Å². The van der Waals surface area contributed by atoms with Crippen LogP contribution < -0.4 is 4.90 Å². The fourth-order valence-corrected chi connectivity index (χ4v) is 2.12. The summed E-state index contributed by atoms with van der Waals surface area (Å²) in [6.07, 6.45) is 3.38. The average molecular weight is 256 g/mol. The molecule has 1 fully saturated rings. The molecule has 2 heterocycles. The molecule has 3 rings (SSSR count). The molecule has 0 atom stereocenters. The van der Waals surface area contributed by atoms with Gasteiger partial charge in [-0.05, 0) is 24.3 Å². The number of aromatic nitrogens is 1. The first-order valence-corrected chi connectivity index (χ1v) is 6.31. The summed E-state index contributed by atoms with van der Waals surface area (Å²) in [6, 6.07) is 12.2. The molecule has 2 aromatic rings. The van der Waals surface area contributed by atoms with Gasteiger partial charge in [-0.1, -0.05) is 12.1 Å². The molecule has 0 radical (unpaired) electrons. The molecule has 0 bridgehead atoms. The van der Waals surface area contributed by atoms with Gasteiger partial charge in [-0.15, -0.1) is 0 Å². The predicted molar refractivity (Wildman–Crippen MR) is 73.4 cm³/mol. The highest BCUT2D eigenvalue weighted by atomic mass is 16.7. The minimum atomic E-state index is -0.208. The van der Waals surface area contributed by atoms with Crippen LogP contribution in [0.5, 0.6) is 0 Å². The van der Waals surface area contributed by atoms with Crippen molar-refractivity contribution in [2.75, 3.05) is 25.2 Å². The normalized spacial score (nSPS) is 15.6. The average Bonchev–Trinajstić information content (AvgIpc) is 3.02. The van der Waals surface area contributed by atoms with Gasteiger partial charge in [0, 0.05) is 36.4 Å². The number of rotatable bonds is 3. The van der Waals surface area contributed by atoms with Crippen LogP contribution in [-0.4, -0.2) is 25.2 Å². The summed E-state index contributed by atoms with van der Waals surface area (Å²) in [7, 11) is 2.03. The lowest BCUT2D eigenvalue weighted by Crippen LogP contribution is -2.09. The van der Waals surface area contributed by atoms with E-state index in [0.29, 0.717) is 13.2 Å². The molecule has 0 N–H and O–H groups in total.